The van der Waals surface area contributed by atoms with E-state index >= 15 is 0 Å². The summed E-state index contributed by atoms with van der Waals surface area (Å²) in [6.45, 7) is 0. The van der Waals surface area contributed by atoms with Crippen LogP contribution in [0.1, 0.15) is 5.56 Å². The fraction of sp³-hybridized carbons (Fsp3) is 0.333. The van der Waals surface area contributed by atoms with Crippen molar-refractivity contribution in [3.8, 4) is 0 Å². The number of nitrogens with zero attached hydrogens (tertiary/aromatic N) is 1. The number of aromatic nitrogens is 1. The van der Waals surface area contributed by atoms with E-state index in [1.165, 1.54) is 7.11 Å². The van der Waals surface area contributed by atoms with Crippen molar-refractivity contribution < 1.29 is 14.6 Å². The van der Waals surface area contributed by atoms with Crippen molar-refractivity contribution in [2.24, 2.45) is 0 Å². The first-order valence-electron chi connectivity index (χ1n) is 3.98. The Hall–Kier alpha value is -0.940. The van der Waals surface area contributed by atoms with Crippen LogP contribution in [-0.4, -0.2) is 29.3 Å². The summed E-state index contributed by atoms with van der Waals surface area (Å²) in [6, 6.07) is 1.82. The third kappa shape index (κ3) is 3.08. The Morgan fingerprint density at radius 3 is 2.93 bits per heavy atom. The predicted octanol–water partition coefficient (Wildman–Crippen LogP) is 1.49. The van der Waals surface area contributed by atoms with Gasteiger partial charge in [0.15, 0.2) is 6.10 Å². The second-order valence-corrected chi connectivity index (χ2v) is 3.69. The van der Waals surface area contributed by atoms with Crippen molar-refractivity contribution in [1.29, 1.82) is 0 Å². The molecule has 1 atom stereocenters. The molecule has 0 fully saturated rings. The third-order valence-corrected chi connectivity index (χ3v) is 2.18. The summed E-state index contributed by atoms with van der Waals surface area (Å²) in [5, 5.41) is 8.75. The molecule has 0 aliphatic carbocycles. The van der Waals surface area contributed by atoms with E-state index in [9.17, 15) is 4.79 Å². The molecule has 76 valence electrons. The second kappa shape index (κ2) is 5.07. The Bertz CT molecular complexity index is 330. The minimum Gasteiger partial charge on any atom is -0.479 e. The number of pyridine rings is 1. The predicted molar refractivity (Wildman–Crippen MR) is 54.1 cm³/mol. The third-order valence-electron chi connectivity index (χ3n) is 1.74. The molecule has 14 heavy (non-hydrogen) atoms. The molecule has 0 saturated heterocycles. The molecular formula is C9H10BrNO3. The lowest BCUT2D eigenvalue weighted by molar-refractivity contribution is -0.148. The highest BCUT2D eigenvalue weighted by molar-refractivity contribution is 9.10. The molecule has 0 aliphatic heterocycles. The highest BCUT2D eigenvalue weighted by Gasteiger charge is 2.16. The molecule has 1 unspecified atom stereocenters. The summed E-state index contributed by atoms with van der Waals surface area (Å²) in [7, 11) is 1.38. The highest BCUT2D eigenvalue weighted by atomic mass is 79.9. The van der Waals surface area contributed by atoms with Gasteiger partial charge in [0.2, 0.25) is 0 Å². The zero-order valence-electron chi connectivity index (χ0n) is 7.61. The van der Waals surface area contributed by atoms with Crippen LogP contribution < -0.4 is 0 Å². The quantitative estimate of drug-likeness (QED) is 0.890. The molecule has 0 bridgehead atoms. The van der Waals surface area contributed by atoms with Gasteiger partial charge in [-0.05, 0) is 27.6 Å². The number of carbonyl (C=O) groups is 1. The Morgan fingerprint density at radius 2 is 2.43 bits per heavy atom. The molecule has 0 amide bonds. The molecule has 1 heterocycles. The summed E-state index contributed by atoms with van der Waals surface area (Å²) >= 11 is 3.26. The largest absolute Gasteiger partial charge is 0.479 e. The fourth-order valence-electron chi connectivity index (χ4n) is 1.05. The number of hydrogen-bond donors (Lipinski definition) is 1. The molecule has 4 nitrogen and oxygen atoms in total. The van der Waals surface area contributed by atoms with Crippen molar-refractivity contribution in [3.63, 3.8) is 0 Å². The molecule has 1 aromatic heterocycles. The van der Waals surface area contributed by atoms with Crippen molar-refractivity contribution in [2.75, 3.05) is 7.11 Å². The number of ether oxygens (including phenoxy) is 1. The number of rotatable bonds is 4. The maximum absolute atomic E-state index is 10.7. The van der Waals surface area contributed by atoms with Gasteiger partial charge in [0, 0.05) is 30.4 Å². The maximum atomic E-state index is 10.7. The van der Waals surface area contributed by atoms with E-state index in [2.05, 4.69) is 20.9 Å². The minimum atomic E-state index is -0.965. The van der Waals surface area contributed by atoms with Crippen molar-refractivity contribution in [1.82, 2.24) is 4.98 Å². The van der Waals surface area contributed by atoms with Gasteiger partial charge in [0.25, 0.3) is 0 Å². The van der Waals surface area contributed by atoms with Crippen molar-refractivity contribution >= 4 is 21.9 Å². The lowest BCUT2D eigenvalue weighted by Crippen LogP contribution is -2.24. The monoisotopic (exact) mass is 259 g/mol. The number of halogens is 1. The molecule has 0 aliphatic rings. The zero-order valence-corrected chi connectivity index (χ0v) is 9.19. The highest BCUT2D eigenvalue weighted by Crippen LogP contribution is 2.12. The van der Waals surface area contributed by atoms with E-state index in [0.717, 1.165) is 10.0 Å². The van der Waals surface area contributed by atoms with E-state index < -0.39 is 12.1 Å². The molecular weight excluding hydrogens is 250 g/mol. The summed E-state index contributed by atoms with van der Waals surface area (Å²) < 4.78 is 5.64. The van der Waals surface area contributed by atoms with Crippen molar-refractivity contribution in [3.05, 3.63) is 28.5 Å². The molecule has 5 heteroatoms. The van der Waals surface area contributed by atoms with Crippen LogP contribution in [0.5, 0.6) is 0 Å². The average Bonchev–Trinajstić information content (AvgIpc) is 2.14. The normalized spacial score (nSPS) is 12.4. The van der Waals surface area contributed by atoms with Gasteiger partial charge >= 0.3 is 5.97 Å². The zero-order chi connectivity index (χ0) is 10.6. The van der Waals surface area contributed by atoms with Gasteiger partial charge < -0.3 is 9.84 Å². The first-order valence-corrected chi connectivity index (χ1v) is 4.78. The maximum Gasteiger partial charge on any atom is 0.333 e. The van der Waals surface area contributed by atoms with Crippen LogP contribution in [0.25, 0.3) is 0 Å². The van der Waals surface area contributed by atoms with Gasteiger partial charge in [-0.1, -0.05) is 0 Å². The molecule has 0 saturated carbocycles. The molecule has 1 aromatic rings. The van der Waals surface area contributed by atoms with E-state index in [1.807, 2.05) is 6.07 Å². The number of methoxy groups -OCH3 is 1. The Morgan fingerprint density at radius 1 is 1.71 bits per heavy atom. The van der Waals surface area contributed by atoms with Crippen LogP contribution in [0.3, 0.4) is 0 Å². The molecule has 0 radical (unpaired) electrons. The van der Waals surface area contributed by atoms with Gasteiger partial charge in [-0.15, -0.1) is 0 Å². The number of carboxylic acid groups (broad SMARTS) is 1. The van der Waals surface area contributed by atoms with E-state index in [-0.39, 0.29) is 0 Å². The van der Waals surface area contributed by atoms with Crippen LogP contribution in [0, 0.1) is 0 Å². The summed E-state index contributed by atoms with van der Waals surface area (Å²) in [5.41, 5.74) is 0.827. The molecule has 1 rings (SSSR count). The first kappa shape index (κ1) is 11.1. The standard InChI is InChI=1S/C9H10BrNO3/c1-14-8(9(12)13)3-6-2-7(10)5-11-4-6/h2,4-5,8H,3H2,1H3,(H,12,13). The first-order chi connectivity index (χ1) is 6.63. The molecule has 0 aromatic carbocycles. The fourth-order valence-corrected chi connectivity index (χ4v) is 1.47. The topological polar surface area (TPSA) is 59.4 Å². The van der Waals surface area contributed by atoms with Crippen LogP contribution >= 0.6 is 15.9 Å². The van der Waals surface area contributed by atoms with Gasteiger partial charge in [-0.2, -0.15) is 0 Å². The van der Waals surface area contributed by atoms with Crippen LogP contribution in [0.15, 0.2) is 22.9 Å². The van der Waals surface area contributed by atoms with Crippen LogP contribution in [0.2, 0.25) is 0 Å². The van der Waals surface area contributed by atoms with Crippen LogP contribution in [-0.2, 0) is 16.0 Å². The number of hydrogen-bond acceptors (Lipinski definition) is 3. The van der Waals surface area contributed by atoms with E-state index in [1.54, 1.807) is 12.4 Å². The molecule has 1 N–H and O–H groups in total. The van der Waals surface area contributed by atoms with E-state index in [0.29, 0.717) is 6.42 Å². The Kier molecular flexibility index (Phi) is 4.03. The Labute approximate surface area is 90.0 Å². The lowest BCUT2D eigenvalue weighted by atomic mass is 10.1. The van der Waals surface area contributed by atoms with Gasteiger partial charge in [-0.3, -0.25) is 4.98 Å². The average molecular weight is 260 g/mol. The van der Waals surface area contributed by atoms with Gasteiger partial charge in [-0.25, -0.2) is 4.79 Å². The van der Waals surface area contributed by atoms with Crippen LogP contribution in [0.4, 0.5) is 0 Å². The SMILES string of the molecule is COC(Cc1cncc(Br)c1)C(=O)O. The van der Waals surface area contributed by atoms with E-state index in [4.69, 9.17) is 9.84 Å². The lowest BCUT2D eigenvalue weighted by Gasteiger charge is -2.09. The molecule has 0 spiro atoms. The van der Waals surface area contributed by atoms with Crippen molar-refractivity contribution in [2.45, 2.75) is 12.5 Å². The number of carboxylic acids is 1. The number of aliphatic carboxylic acids is 1. The smallest absolute Gasteiger partial charge is 0.333 e. The summed E-state index contributed by atoms with van der Waals surface area (Å²) in [4.78, 5) is 14.6. The van der Waals surface area contributed by atoms with Gasteiger partial charge in [0.05, 0.1) is 0 Å². The summed E-state index contributed by atoms with van der Waals surface area (Å²) in [5.74, 6) is -0.965. The Balaban J connectivity index is 2.72. The summed E-state index contributed by atoms with van der Waals surface area (Å²) in [6.07, 6.45) is 2.77. The minimum absolute atomic E-state index is 0.318. The van der Waals surface area contributed by atoms with Gasteiger partial charge in [0.1, 0.15) is 0 Å². The second-order valence-electron chi connectivity index (χ2n) is 2.78.